The zero-order valence-electron chi connectivity index (χ0n) is 15.7. The van der Waals surface area contributed by atoms with E-state index >= 15 is 0 Å². The standard InChI is InChI=1S/C21H22ClN3O2S/c1-28-14-20-23-17-4-2-3-5-18(17)25(20)13-21(26)24-10-11-27-19(12-24)15-6-8-16(22)9-7-15/h2-9,19H,10-14H2,1H3. The minimum absolute atomic E-state index is 0.0905. The summed E-state index contributed by atoms with van der Waals surface area (Å²) in [5.41, 5.74) is 2.97. The highest BCUT2D eigenvalue weighted by Gasteiger charge is 2.26. The molecule has 3 aromatic rings. The number of carbonyl (C=O) groups excluding carboxylic acids is 1. The van der Waals surface area contributed by atoms with E-state index in [2.05, 4.69) is 0 Å². The number of aromatic nitrogens is 2. The second-order valence-electron chi connectivity index (χ2n) is 6.79. The smallest absolute Gasteiger partial charge is 0.242 e. The third kappa shape index (κ3) is 4.04. The van der Waals surface area contributed by atoms with E-state index in [-0.39, 0.29) is 12.0 Å². The molecule has 28 heavy (non-hydrogen) atoms. The predicted molar refractivity (Wildman–Crippen MR) is 114 cm³/mol. The third-order valence-corrected chi connectivity index (χ3v) is 5.76. The maximum Gasteiger partial charge on any atom is 0.242 e. The SMILES string of the molecule is CSCc1nc2ccccc2n1CC(=O)N1CCOC(c2ccc(Cl)cc2)C1. The molecule has 0 N–H and O–H groups in total. The van der Waals surface area contributed by atoms with Crippen LogP contribution in [0.4, 0.5) is 0 Å². The van der Waals surface area contributed by atoms with Gasteiger partial charge in [-0.3, -0.25) is 4.79 Å². The summed E-state index contributed by atoms with van der Waals surface area (Å²) in [5, 5.41) is 0.695. The number of imidazole rings is 1. The molecule has 2 aromatic carbocycles. The molecule has 1 unspecified atom stereocenters. The Hall–Kier alpha value is -2.02. The minimum atomic E-state index is -0.125. The quantitative estimate of drug-likeness (QED) is 0.628. The number of fused-ring (bicyclic) bond motifs is 1. The molecule has 1 fully saturated rings. The molecule has 0 aliphatic carbocycles. The van der Waals surface area contributed by atoms with Crippen LogP contribution < -0.4 is 0 Å². The largest absolute Gasteiger partial charge is 0.370 e. The van der Waals surface area contributed by atoms with Crippen molar-refractivity contribution >= 4 is 40.3 Å². The molecule has 1 amide bonds. The van der Waals surface area contributed by atoms with Crippen LogP contribution in [0.15, 0.2) is 48.5 Å². The van der Waals surface area contributed by atoms with Crippen LogP contribution in [0.3, 0.4) is 0 Å². The maximum atomic E-state index is 13.1. The average Bonchev–Trinajstić information content (AvgIpc) is 3.06. The van der Waals surface area contributed by atoms with Crippen LogP contribution in [0.2, 0.25) is 5.02 Å². The number of nitrogens with zero attached hydrogens (tertiary/aromatic N) is 3. The van der Waals surface area contributed by atoms with Gasteiger partial charge in [0.2, 0.25) is 5.91 Å². The van der Waals surface area contributed by atoms with Crippen molar-refractivity contribution < 1.29 is 9.53 Å². The summed E-state index contributed by atoms with van der Waals surface area (Å²) in [5.74, 6) is 1.80. The Balaban J connectivity index is 1.52. The molecule has 4 rings (SSSR count). The lowest BCUT2D eigenvalue weighted by Crippen LogP contribution is -2.43. The first-order valence-corrected chi connectivity index (χ1v) is 11.0. The van der Waals surface area contributed by atoms with E-state index in [9.17, 15) is 4.79 Å². The Morgan fingerprint density at radius 2 is 2.04 bits per heavy atom. The molecular weight excluding hydrogens is 394 g/mol. The average molecular weight is 416 g/mol. The summed E-state index contributed by atoms with van der Waals surface area (Å²) < 4.78 is 7.94. The second-order valence-corrected chi connectivity index (χ2v) is 8.09. The summed E-state index contributed by atoms with van der Waals surface area (Å²) >= 11 is 7.69. The van der Waals surface area contributed by atoms with Gasteiger partial charge in [-0.25, -0.2) is 4.98 Å². The van der Waals surface area contributed by atoms with Crippen molar-refractivity contribution in [2.45, 2.75) is 18.4 Å². The second kappa shape index (κ2) is 8.55. The first-order valence-electron chi connectivity index (χ1n) is 9.23. The maximum absolute atomic E-state index is 13.1. The van der Waals surface area contributed by atoms with Crippen molar-refractivity contribution in [2.75, 3.05) is 26.0 Å². The Bertz CT molecular complexity index is 973. The number of halogens is 1. The molecule has 1 saturated heterocycles. The van der Waals surface area contributed by atoms with E-state index in [1.54, 1.807) is 11.8 Å². The van der Waals surface area contributed by atoms with Crippen LogP contribution in [-0.4, -0.2) is 46.3 Å². The van der Waals surface area contributed by atoms with Gasteiger partial charge >= 0.3 is 0 Å². The number of hydrogen-bond acceptors (Lipinski definition) is 4. The number of morpholine rings is 1. The van der Waals surface area contributed by atoms with Gasteiger partial charge in [0.1, 0.15) is 18.5 Å². The van der Waals surface area contributed by atoms with Crippen molar-refractivity contribution in [1.82, 2.24) is 14.5 Å². The van der Waals surface area contributed by atoms with Crippen LogP contribution in [0.25, 0.3) is 11.0 Å². The van der Waals surface area contributed by atoms with E-state index in [0.29, 0.717) is 31.3 Å². The Kier molecular flexibility index (Phi) is 5.90. The lowest BCUT2D eigenvalue weighted by Gasteiger charge is -2.33. The number of carbonyl (C=O) groups is 1. The van der Waals surface area contributed by atoms with Gasteiger partial charge in [0.25, 0.3) is 0 Å². The van der Waals surface area contributed by atoms with Gasteiger partial charge in [0.05, 0.1) is 29.9 Å². The van der Waals surface area contributed by atoms with Crippen LogP contribution in [0.5, 0.6) is 0 Å². The summed E-state index contributed by atoms with van der Waals surface area (Å²) in [6.45, 7) is 1.98. The molecule has 0 spiro atoms. The molecule has 7 heteroatoms. The first kappa shape index (κ1) is 19.3. The number of ether oxygens (including phenoxy) is 1. The first-order chi connectivity index (χ1) is 13.7. The molecule has 1 aromatic heterocycles. The van der Waals surface area contributed by atoms with Gasteiger partial charge in [0.15, 0.2) is 0 Å². The Morgan fingerprint density at radius 3 is 2.82 bits per heavy atom. The fraction of sp³-hybridized carbons (Fsp3) is 0.333. The highest BCUT2D eigenvalue weighted by Crippen LogP contribution is 2.25. The monoisotopic (exact) mass is 415 g/mol. The summed E-state index contributed by atoms with van der Waals surface area (Å²) in [6.07, 6.45) is 1.92. The van der Waals surface area contributed by atoms with Crippen molar-refractivity contribution in [3.8, 4) is 0 Å². The van der Waals surface area contributed by atoms with Crippen molar-refractivity contribution in [3.63, 3.8) is 0 Å². The minimum Gasteiger partial charge on any atom is -0.370 e. The molecule has 0 bridgehead atoms. The number of hydrogen-bond donors (Lipinski definition) is 0. The molecule has 146 valence electrons. The summed E-state index contributed by atoms with van der Waals surface area (Å²) in [7, 11) is 0. The summed E-state index contributed by atoms with van der Waals surface area (Å²) in [6, 6.07) is 15.6. The Morgan fingerprint density at radius 1 is 1.25 bits per heavy atom. The van der Waals surface area contributed by atoms with Crippen molar-refractivity contribution in [1.29, 1.82) is 0 Å². The zero-order chi connectivity index (χ0) is 19.5. The van der Waals surface area contributed by atoms with Gasteiger partial charge in [-0.05, 0) is 36.1 Å². The predicted octanol–water partition coefficient (Wildman–Crippen LogP) is 4.15. The number of amides is 1. The topological polar surface area (TPSA) is 47.4 Å². The van der Waals surface area contributed by atoms with Gasteiger partial charge in [-0.2, -0.15) is 11.8 Å². The number of rotatable bonds is 5. The molecule has 1 aliphatic heterocycles. The van der Waals surface area contributed by atoms with Crippen molar-refractivity contribution in [2.24, 2.45) is 0 Å². The van der Waals surface area contributed by atoms with E-state index in [1.807, 2.05) is 64.3 Å². The number of benzene rings is 2. The van der Waals surface area contributed by atoms with Crippen LogP contribution in [0, 0.1) is 0 Å². The zero-order valence-corrected chi connectivity index (χ0v) is 17.2. The fourth-order valence-corrected chi connectivity index (χ4v) is 4.14. The van der Waals surface area contributed by atoms with Gasteiger partial charge in [-0.15, -0.1) is 0 Å². The molecule has 5 nitrogen and oxygen atoms in total. The van der Waals surface area contributed by atoms with E-state index in [1.165, 1.54) is 0 Å². The van der Waals surface area contributed by atoms with E-state index in [0.717, 1.165) is 28.2 Å². The Labute approximate surface area is 173 Å². The molecule has 0 radical (unpaired) electrons. The molecule has 1 atom stereocenters. The van der Waals surface area contributed by atoms with E-state index in [4.69, 9.17) is 21.3 Å². The molecule has 2 heterocycles. The van der Waals surface area contributed by atoms with Gasteiger partial charge in [0, 0.05) is 11.6 Å². The number of thioether (sulfide) groups is 1. The molecule has 1 aliphatic rings. The normalized spacial score (nSPS) is 17.2. The highest BCUT2D eigenvalue weighted by atomic mass is 35.5. The van der Waals surface area contributed by atoms with Crippen LogP contribution in [0.1, 0.15) is 17.5 Å². The van der Waals surface area contributed by atoms with Gasteiger partial charge < -0.3 is 14.2 Å². The van der Waals surface area contributed by atoms with Crippen LogP contribution >= 0.6 is 23.4 Å². The molecule has 0 saturated carbocycles. The number of para-hydroxylation sites is 2. The fourth-order valence-electron chi connectivity index (χ4n) is 3.53. The van der Waals surface area contributed by atoms with Crippen molar-refractivity contribution in [3.05, 3.63) is 64.9 Å². The molecular formula is C21H22ClN3O2S. The summed E-state index contributed by atoms with van der Waals surface area (Å²) in [4.78, 5) is 19.7. The lowest BCUT2D eigenvalue weighted by molar-refractivity contribution is -0.139. The van der Waals surface area contributed by atoms with E-state index < -0.39 is 0 Å². The lowest BCUT2D eigenvalue weighted by atomic mass is 10.1. The van der Waals surface area contributed by atoms with Gasteiger partial charge in [-0.1, -0.05) is 35.9 Å². The highest BCUT2D eigenvalue weighted by molar-refractivity contribution is 7.97. The third-order valence-electron chi connectivity index (χ3n) is 4.96. The van der Waals surface area contributed by atoms with Crippen LogP contribution in [-0.2, 0) is 21.8 Å².